The van der Waals surface area contributed by atoms with E-state index in [0.29, 0.717) is 5.75 Å². The third-order valence-electron chi connectivity index (χ3n) is 3.37. The number of hydrogen-bond donors (Lipinski definition) is 3. The van der Waals surface area contributed by atoms with E-state index in [1.807, 2.05) is 0 Å². The Morgan fingerprint density at radius 3 is 2.14 bits per heavy atom. The fraction of sp³-hybridized carbons (Fsp3) is 0.188. The molecule has 2 aromatic carbocycles. The molecule has 0 aromatic heterocycles. The summed E-state index contributed by atoms with van der Waals surface area (Å²) in [6, 6.07) is 9.02. The molecule has 3 N–H and O–H groups in total. The lowest BCUT2D eigenvalue weighted by atomic mass is 9.91. The molecule has 2 aromatic rings. The van der Waals surface area contributed by atoms with Crippen LogP contribution in [0.5, 0.6) is 23.0 Å². The largest absolute Gasteiger partial charge is 0.507 e. The van der Waals surface area contributed by atoms with E-state index in [0.717, 1.165) is 17.7 Å². The van der Waals surface area contributed by atoms with Crippen molar-refractivity contribution in [3.05, 3.63) is 47.5 Å². The highest BCUT2D eigenvalue weighted by molar-refractivity contribution is 6.03. The van der Waals surface area contributed by atoms with Gasteiger partial charge in [-0.3, -0.25) is 4.79 Å². The molecule has 0 aliphatic heterocycles. The number of aromatic hydroxyl groups is 3. The molecule has 5 nitrogen and oxygen atoms in total. The van der Waals surface area contributed by atoms with Crippen LogP contribution in [-0.2, 0) is 0 Å². The first-order valence-corrected chi connectivity index (χ1v) is 6.37. The van der Waals surface area contributed by atoms with Crippen LogP contribution in [0.15, 0.2) is 36.4 Å². The second-order valence-electron chi connectivity index (χ2n) is 4.72. The van der Waals surface area contributed by atoms with E-state index >= 15 is 0 Å². The topological polar surface area (TPSA) is 87.0 Å². The highest BCUT2D eigenvalue weighted by atomic mass is 16.5. The minimum Gasteiger partial charge on any atom is -0.507 e. The predicted octanol–water partition coefficient (Wildman–Crippen LogP) is 2.80. The summed E-state index contributed by atoms with van der Waals surface area (Å²) in [6.45, 7) is 1.70. The van der Waals surface area contributed by atoms with Gasteiger partial charge in [-0.15, -0.1) is 0 Å². The molecule has 0 saturated carbocycles. The summed E-state index contributed by atoms with van der Waals surface area (Å²) in [6.07, 6.45) is 0. The van der Waals surface area contributed by atoms with Crippen LogP contribution in [0.25, 0.3) is 0 Å². The summed E-state index contributed by atoms with van der Waals surface area (Å²) in [7, 11) is 1.56. The number of rotatable bonds is 4. The van der Waals surface area contributed by atoms with E-state index < -0.39 is 17.4 Å². The molecule has 0 aliphatic carbocycles. The summed E-state index contributed by atoms with van der Waals surface area (Å²) in [5.41, 5.74) is 0.724. The third-order valence-corrected chi connectivity index (χ3v) is 3.37. The Labute approximate surface area is 122 Å². The van der Waals surface area contributed by atoms with Crippen molar-refractivity contribution in [3.8, 4) is 23.0 Å². The number of phenols is 3. The van der Waals surface area contributed by atoms with Crippen LogP contribution in [0, 0.1) is 0 Å². The molecule has 0 fully saturated rings. The van der Waals surface area contributed by atoms with E-state index in [1.165, 1.54) is 0 Å². The van der Waals surface area contributed by atoms with E-state index in [4.69, 9.17) is 4.74 Å². The maximum atomic E-state index is 12.4. The molecule has 0 bridgehead atoms. The van der Waals surface area contributed by atoms with Gasteiger partial charge in [0.1, 0.15) is 11.5 Å². The van der Waals surface area contributed by atoms with Crippen LogP contribution in [0.1, 0.15) is 28.8 Å². The average molecular weight is 288 g/mol. The van der Waals surface area contributed by atoms with Crippen LogP contribution in [0.4, 0.5) is 0 Å². The van der Waals surface area contributed by atoms with Crippen LogP contribution < -0.4 is 4.74 Å². The Morgan fingerprint density at radius 2 is 1.57 bits per heavy atom. The van der Waals surface area contributed by atoms with E-state index in [-0.39, 0.29) is 17.1 Å². The predicted molar refractivity (Wildman–Crippen MR) is 77.2 cm³/mol. The van der Waals surface area contributed by atoms with E-state index in [2.05, 4.69) is 0 Å². The number of phenolic OH excluding ortho intramolecular Hbond substituents is 3. The lowest BCUT2D eigenvalue weighted by Crippen LogP contribution is -2.10. The number of methoxy groups -OCH3 is 1. The van der Waals surface area contributed by atoms with Gasteiger partial charge < -0.3 is 20.1 Å². The molecule has 0 saturated heterocycles. The highest BCUT2D eigenvalue weighted by Crippen LogP contribution is 2.35. The lowest BCUT2D eigenvalue weighted by molar-refractivity contribution is 0.0963. The van der Waals surface area contributed by atoms with Gasteiger partial charge in [-0.05, 0) is 23.8 Å². The molecule has 0 radical (unpaired) electrons. The second kappa shape index (κ2) is 5.75. The van der Waals surface area contributed by atoms with E-state index in [1.54, 1.807) is 38.3 Å². The Bertz CT molecular complexity index is 661. The van der Waals surface area contributed by atoms with Crippen LogP contribution in [-0.4, -0.2) is 28.2 Å². The lowest BCUT2D eigenvalue weighted by Gasteiger charge is -2.13. The molecule has 1 unspecified atom stereocenters. The van der Waals surface area contributed by atoms with Crippen molar-refractivity contribution in [3.63, 3.8) is 0 Å². The molecule has 0 spiro atoms. The van der Waals surface area contributed by atoms with Crippen molar-refractivity contribution in [2.24, 2.45) is 0 Å². The van der Waals surface area contributed by atoms with Gasteiger partial charge in [-0.2, -0.15) is 0 Å². The van der Waals surface area contributed by atoms with E-state index in [9.17, 15) is 20.1 Å². The summed E-state index contributed by atoms with van der Waals surface area (Å²) < 4.78 is 5.06. The molecule has 0 aliphatic rings. The second-order valence-corrected chi connectivity index (χ2v) is 4.72. The third kappa shape index (κ3) is 2.91. The minimum atomic E-state index is -0.509. The average Bonchev–Trinajstić information content (AvgIpc) is 2.49. The number of benzene rings is 2. The maximum Gasteiger partial charge on any atom is 0.173 e. The Morgan fingerprint density at radius 1 is 1.00 bits per heavy atom. The number of ketones is 1. The molecule has 5 heteroatoms. The SMILES string of the molecule is COc1ccc(C(C)C(=O)c2cc(O)c(O)cc2O)cc1. The summed E-state index contributed by atoms with van der Waals surface area (Å²) in [4.78, 5) is 12.4. The zero-order chi connectivity index (χ0) is 15.6. The zero-order valence-corrected chi connectivity index (χ0v) is 11.7. The normalized spacial score (nSPS) is 11.9. The van der Waals surface area contributed by atoms with Crippen LogP contribution in [0.3, 0.4) is 0 Å². The molecule has 2 rings (SSSR count). The first-order chi connectivity index (χ1) is 9.93. The molecular weight excluding hydrogens is 272 g/mol. The Hall–Kier alpha value is -2.69. The summed E-state index contributed by atoms with van der Waals surface area (Å²) >= 11 is 0. The van der Waals surface area contributed by atoms with Gasteiger partial charge in [0.2, 0.25) is 0 Å². The van der Waals surface area contributed by atoms with Gasteiger partial charge in [0, 0.05) is 12.0 Å². The molecule has 1 atom stereocenters. The molecule has 21 heavy (non-hydrogen) atoms. The maximum absolute atomic E-state index is 12.4. The minimum absolute atomic E-state index is 0.0337. The number of carbonyl (C=O) groups excluding carboxylic acids is 1. The first-order valence-electron chi connectivity index (χ1n) is 6.37. The molecule has 0 amide bonds. The quantitative estimate of drug-likeness (QED) is 0.457. The smallest absolute Gasteiger partial charge is 0.173 e. The van der Waals surface area contributed by atoms with Gasteiger partial charge in [-0.25, -0.2) is 0 Å². The number of carbonyl (C=O) groups is 1. The van der Waals surface area contributed by atoms with Crippen molar-refractivity contribution in [1.29, 1.82) is 0 Å². The van der Waals surface area contributed by atoms with Gasteiger partial charge in [0.25, 0.3) is 0 Å². The van der Waals surface area contributed by atoms with Crippen molar-refractivity contribution < 1.29 is 24.9 Å². The van der Waals surface area contributed by atoms with Gasteiger partial charge >= 0.3 is 0 Å². The fourth-order valence-electron chi connectivity index (χ4n) is 2.04. The molecule has 110 valence electrons. The fourth-order valence-corrected chi connectivity index (χ4v) is 2.04. The standard InChI is InChI=1S/C16H16O5/c1-9(10-3-5-11(21-2)6-4-10)16(20)12-7-14(18)15(19)8-13(12)17/h3-9,17-19H,1-2H3. The molecular formula is C16H16O5. The van der Waals surface area contributed by atoms with Crippen molar-refractivity contribution in [2.75, 3.05) is 7.11 Å². The van der Waals surface area contributed by atoms with Crippen LogP contribution >= 0.6 is 0 Å². The highest BCUT2D eigenvalue weighted by Gasteiger charge is 2.22. The zero-order valence-electron chi connectivity index (χ0n) is 11.7. The van der Waals surface area contributed by atoms with Crippen molar-refractivity contribution in [2.45, 2.75) is 12.8 Å². The number of ether oxygens (including phenoxy) is 1. The molecule has 0 heterocycles. The Balaban J connectivity index is 2.32. The van der Waals surface area contributed by atoms with Crippen LogP contribution in [0.2, 0.25) is 0 Å². The Kier molecular flexibility index (Phi) is 4.03. The van der Waals surface area contributed by atoms with Gasteiger partial charge in [0.15, 0.2) is 17.3 Å². The monoisotopic (exact) mass is 288 g/mol. The van der Waals surface area contributed by atoms with Gasteiger partial charge in [-0.1, -0.05) is 19.1 Å². The van der Waals surface area contributed by atoms with Crippen molar-refractivity contribution >= 4 is 5.78 Å². The number of hydrogen-bond acceptors (Lipinski definition) is 5. The van der Waals surface area contributed by atoms with Gasteiger partial charge in [0.05, 0.1) is 12.7 Å². The first kappa shape index (κ1) is 14.7. The van der Waals surface area contributed by atoms with Crippen molar-refractivity contribution in [1.82, 2.24) is 0 Å². The summed E-state index contributed by atoms with van der Waals surface area (Å²) in [5.74, 6) is -1.46. The summed E-state index contributed by atoms with van der Waals surface area (Å²) in [5, 5.41) is 28.5. The number of Topliss-reactive ketones (excluding diaryl/α,β-unsaturated/α-hetero) is 1.